The number of nitrogens with one attached hydrogen (secondary N) is 1. The van der Waals surface area contributed by atoms with Gasteiger partial charge in [0, 0.05) is 18.5 Å². The van der Waals surface area contributed by atoms with E-state index in [0.29, 0.717) is 5.41 Å². The van der Waals surface area contributed by atoms with Gasteiger partial charge < -0.3 is 5.32 Å². The van der Waals surface area contributed by atoms with Crippen molar-refractivity contribution in [2.24, 2.45) is 5.41 Å². The lowest BCUT2D eigenvalue weighted by atomic mass is 9.97. The third kappa shape index (κ3) is 4.20. The zero-order valence-electron chi connectivity index (χ0n) is 9.55. The normalized spacial score (nSPS) is 12.0. The third-order valence-electron chi connectivity index (χ3n) is 1.86. The highest BCUT2D eigenvalue weighted by Gasteiger charge is 2.09. The van der Waals surface area contributed by atoms with Gasteiger partial charge in [0.1, 0.15) is 0 Å². The highest BCUT2D eigenvalue weighted by Crippen LogP contribution is 2.12. The average Bonchev–Trinajstić information content (AvgIpc) is 2.50. The first-order valence-corrected chi connectivity index (χ1v) is 6.03. The van der Waals surface area contributed by atoms with Gasteiger partial charge in [0.25, 0.3) is 0 Å². The monoisotopic (exact) mass is 212 g/mol. The van der Waals surface area contributed by atoms with Crippen molar-refractivity contribution in [2.75, 3.05) is 6.54 Å². The first-order valence-electron chi connectivity index (χ1n) is 5.15. The van der Waals surface area contributed by atoms with E-state index >= 15 is 0 Å². The highest BCUT2D eigenvalue weighted by molar-refractivity contribution is 7.09. The Morgan fingerprint density at radius 2 is 2.14 bits per heavy atom. The minimum absolute atomic E-state index is 0.351. The SMILES string of the molecule is CCc1nc(CNCC(C)(C)C)cs1. The molecular formula is C11H20N2S. The quantitative estimate of drug-likeness (QED) is 0.830. The summed E-state index contributed by atoms with van der Waals surface area (Å²) in [6, 6.07) is 0. The van der Waals surface area contributed by atoms with Gasteiger partial charge in [-0.25, -0.2) is 4.98 Å². The first kappa shape index (κ1) is 11.7. The lowest BCUT2D eigenvalue weighted by Crippen LogP contribution is -2.26. The number of aryl methyl sites for hydroxylation is 1. The Kier molecular flexibility index (Phi) is 4.08. The van der Waals surface area contributed by atoms with Crippen molar-refractivity contribution in [1.82, 2.24) is 10.3 Å². The molecule has 3 heteroatoms. The van der Waals surface area contributed by atoms with E-state index in [-0.39, 0.29) is 0 Å². The molecule has 0 aliphatic heterocycles. The van der Waals surface area contributed by atoms with Gasteiger partial charge in [-0.15, -0.1) is 11.3 Å². The van der Waals surface area contributed by atoms with Gasteiger partial charge in [-0.05, 0) is 11.8 Å². The predicted molar refractivity (Wildman–Crippen MR) is 62.7 cm³/mol. The molecule has 14 heavy (non-hydrogen) atoms. The average molecular weight is 212 g/mol. The van der Waals surface area contributed by atoms with Gasteiger partial charge in [0.15, 0.2) is 0 Å². The fraction of sp³-hybridized carbons (Fsp3) is 0.727. The van der Waals surface area contributed by atoms with Gasteiger partial charge >= 0.3 is 0 Å². The third-order valence-corrected chi connectivity index (χ3v) is 2.91. The second-order valence-electron chi connectivity index (χ2n) is 4.75. The molecular weight excluding hydrogens is 192 g/mol. The number of rotatable bonds is 4. The van der Waals surface area contributed by atoms with E-state index in [4.69, 9.17) is 0 Å². The van der Waals surface area contributed by atoms with Crippen molar-refractivity contribution in [2.45, 2.75) is 40.7 Å². The standard InChI is InChI=1S/C11H20N2S/c1-5-10-13-9(7-14-10)6-12-8-11(2,3)4/h7,12H,5-6,8H2,1-4H3. The number of hydrogen-bond donors (Lipinski definition) is 1. The molecule has 0 spiro atoms. The van der Waals surface area contributed by atoms with E-state index in [1.807, 2.05) is 0 Å². The fourth-order valence-corrected chi connectivity index (χ4v) is 1.90. The summed E-state index contributed by atoms with van der Waals surface area (Å²) in [7, 11) is 0. The van der Waals surface area contributed by atoms with Crippen LogP contribution in [0, 0.1) is 5.41 Å². The molecule has 0 atom stereocenters. The Labute approximate surface area is 90.8 Å². The molecule has 0 bridgehead atoms. The molecule has 1 N–H and O–H groups in total. The van der Waals surface area contributed by atoms with Crippen LogP contribution >= 0.6 is 11.3 Å². The summed E-state index contributed by atoms with van der Waals surface area (Å²) in [5.41, 5.74) is 1.53. The molecule has 1 rings (SSSR count). The van der Waals surface area contributed by atoms with Gasteiger partial charge in [0.2, 0.25) is 0 Å². The van der Waals surface area contributed by atoms with Crippen molar-refractivity contribution in [3.8, 4) is 0 Å². The topological polar surface area (TPSA) is 24.9 Å². The molecule has 0 aliphatic rings. The Morgan fingerprint density at radius 1 is 1.43 bits per heavy atom. The van der Waals surface area contributed by atoms with Gasteiger partial charge in [-0.2, -0.15) is 0 Å². The van der Waals surface area contributed by atoms with E-state index in [1.165, 1.54) is 10.7 Å². The zero-order chi connectivity index (χ0) is 10.6. The number of thiazole rings is 1. The molecule has 2 nitrogen and oxygen atoms in total. The minimum atomic E-state index is 0.351. The largest absolute Gasteiger partial charge is 0.311 e. The molecule has 0 radical (unpaired) electrons. The summed E-state index contributed by atoms with van der Waals surface area (Å²) in [6.07, 6.45) is 1.05. The van der Waals surface area contributed by atoms with Crippen LogP contribution < -0.4 is 5.32 Å². The second kappa shape index (κ2) is 4.89. The second-order valence-corrected chi connectivity index (χ2v) is 5.69. The van der Waals surface area contributed by atoms with Gasteiger partial charge in [0.05, 0.1) is 10.7 Å². The zero-order valence-corrected chi connectivity index (χ0v) is 10.4. The van der Waals surface area contributed by atoms with Crippen LogP contribution in [0.5, 0.6) is 0 Å². The van der Waals surface area contributed by atoms with E-state index in [1.54, 1.807) is 11.3 Å². The Balaban J connectivity index is 2.31. The molecule has 0 fully saturated rings. The first-order chi connectivity index (χ1) is 6.51. The Hall–Kier alpha value is -0.410. The summed E-state index contributed by atoms with van der Waals surface area (Å²) < 4.78 is 0. The maximum atomic E-state index is 4.50. The fourth-order valence-electron chi connectivity index (χ4n) is 1.16. The highest BCUT2D eigenvalue weighted by atomic mass is 32.1. The van der Waals surface area contributed by atoms with Gasteiger partial charge in [-0.3, -0.25) is 0 Å². The molecule has 1 heterocycles. The van der Waals surface area contributed by atoms with Crippen LogP contribution in [0.4, 0.5) is 0 Å². The molecule has 0 amide bonds. The van der Waals surface area contributed by atoms with Crippen LogP contribution in [-0.2, 0) is 13.0 Å². The van der Waals surface area contributed by atoms with Crippen molar-refractivity contribution in [3.63, 3.8) is 0 Å². The van der Waals surface area contributed by atoms with Crippen LogP contribution in [0.3, 0.4) is 0 Å². The van der Waals surface area contributed by atoms with E-state index in [9.17, 15) is 0 Å². The smallest absolute Gasteiger partial charge is 0.0926 e. The molecule has 1 aromatic rings. The summed E-state index contributed by atoms with van der Waals surface area (Å²) >= 11 is 1.76. The number of aromatic nitrogens is 1. The summed E-state index contributed by atoms with van der Waals surface area (Å²) in [5, 5.41) is 6.80. The lowest BCUT2D eigenvalue weighted by Gasteiger charge is -2.18. The molecule has 0 aromatic carbocycles. The van der Waals surface area contributed by atoms with Crippen molar-refractivity contribution in [1.29, 1.82) is 0 Å². The summed E-state index contributed by atoms with van der Waals surface area (Å²) in [6.45, 7) is 10.8. The van der Waals surface area contributed by atoms with Crippen molar-refractivity contribution >= 4 is 11.3 Å². The maximum absolute atomic E-state index is 4.50. The van der Waals surface area contributed by atoms with E-state index in [2.05, 4.69) is 43.4 Å². The number of hydrogen-bond acceptors (Lipinski definition) is 3. The van der Waals surface area contributed by atoms with Crippen molar-refractivity contribution in [3.05, 3.63) is 16.1 Å². The van der Waals surface area contributed by atoms with Crippen molar-refractivity contribution < 1.29 is 0 Å². The molecule has 1 aromatic heterocycles. The molecule has 0 unspecified atom stereocenters. The van der Waals surface area contributed by atoms with E-state index < -0.39 is 0 Å². The lowest BCUT2D eigenvalue weighted by molar-refractivity contribution is 0.378. The summed E-state index contributed by atoms with van der Waals surface area (Å²) in [4.78, 5) is 4.50. The molecule has 80 valence electrons. The Bertz CT molecular complexity index is 273. The Morgan fingerprint density at radius 3 is 2.64 bits per heavy atom. The predicted octanol–water partition coefficient (Wildman–Crippen LogP) is 2.84. The summed E-state index contributed by atoms with van der Waals surface area (Å²) in [5.74, 6) is 0. The van der Waals surface area contributed by atoms with Gasteiger partial charge in [-0.1, -0.05) is 27.7 Å². The number of nitrogens with zero attached hydrogens (tertiary/aromatic N) is 1. The maximum Gasteiger partial charge on any atom is 0.0926 e. The van der Waals surface area contributed by atoms with Crippen LogP contribution in [0.2, 0.25) is 0 Å². The molecule has 0 saturated heterocycles. The van der Waals surface area contributed by atoms with E-state index in [0.717, 1.165) is 19.5 Å². The van der Waals surface area contributed by atoms with Crippen LogP contribution in [0.1, 0.15) is 38.4 Å². The van der Waals surface area contributed by atoms with Crippen LogP contribution in [0.25, 0.3) is 0 Å². The van der Waals surface area contributed by atoms with Crippen LogP contribution in [0.15, 0.2) is 5.38 Å². The minimum Gasteiger partial charge on any atom is -0.311 e. The van der Waals surface area contributed by atoms with Crippen LogP contribution in [-0.4, -0.2) is 11.5 Å². The molecule has 0 saturated carbocycles. The molecule has 0 aliphatic carbocycles.